The molecule has 0 atom stereocenters. The molecule has 1 rings (SSSR count). The lowest BCUT2D eigenvalue weighted by atomic mass is 10.2. The van der Waals surface area contributed by atoms with Crippen LogP contribution in [0.3, 0.4) is 0 Å². The molecule has 0 aliphatic heterocycles. The average molecular weight is 299 g/mol. The van der Waals surface area contributed by atoms with Gasteiger partial charge in [-0.25, -0.2) is 0 Å². The first-order chi connectivity index (χ1) is 8.06. The molecule has 0 aromatic heterocycles. The molecule has 90 valence electrons. The number of nitro benzene ring substituents is 1. The Kier molecular flexibility index (Phi) is 4.84. The van der Waals surface area contributed by atoms with Gasteiger partial charge in [0.25, 0.3) is 11.6 Å². The zero-order chi connectivity index (χ0) is 12.8. The van der Waals surface area contributed by atoms with Crippen molar-refractivity contribution in [1.29, 1.82) is 0 Å². The molecule has 0 fully saturated rings. The van der Waals surface area contributed by atoms with Crippen LogP contribution in [-0.2, 0) is 0 Å². The van der Waals surface area contributed by atoms with Crippen LogP contribution in [0.4, 0.5) is 5.69 Å². The summed E-state index contributed by atoms with van der Waals surface area (Å²) in [6, 6.07) is 4.07. The summed E-state index contributed by atoms with van der Waals surface area (Å²) >= 11 is 3.19. The Hall–Kier alpha value is -1.69. The van der Waals surface area contributed by atoms with Crippen LogP contribution in [0.5, 0.6) is 0 Å². The van der Waals surface area contributed by atoms with Crippen LogP contribution in [0.15, 0.2) is 35.3 Å². The van der Waals surface area contributed by atoms with Gasteiger partial charge in [0.15, 0.2) is 0 Å². The van der Waals surface area contributed by atoms with E-state index in [0.717, 1.165) is 0 Å². The molecule has 0 aliphatic carbocycles. The maximum absolute atomic E-state index is 11.7. The summed E-state index contributed by atoms with van der Waals surface area (Å²) in [5, 5.41) is 13.2. The number of nitro groups is 1. The monoisotopic (exact) mass is 298 g/mol. The van der Waals surface area contributed by atoms with Crippen molar-refractivity contribution in [2.24, 2.45) is 0 Å². The summed E-state index contributed by atoms with van der Waals surface area (Å²) in [6.45, 7) is 3.99. The number of hydrogen-bond acceptors (Lipinski definition) is 3. The molecule has 1 N–H and O–H groups in total. The van der Waals surface area contributed by atoms with Crippen molar-refractivity contribution in [3.63, 3.8) is 0 Å². The summed E-state index contributed by atoms with van der Waals surface area (Å²) < 4.78 is 0.527. The summed E-state index contributed by atoms with van der Waals surface area (Å²) in [7, 11) is 0. The maximum atomic E-state index is 11.7. The summed E-state index contributed by atoms with van der Waals surface area (Å²) in [4.78, 5) is 21.8. The third kappa shape index (κ3) is 3.67. The van der Waals surface area contributed by atoms with Crippen LogP contribution in [-0.4, -0.2) is 17.4 Å². The van der Waals surface area contributed by atoms with Gasteiger partial charge in [-0.2, -0.15) is 0 Å². The van der Waals surface area contributed by atoms with Crippen molar-refractivity contribution in [2.45, 2.75) is 6.42 Å². The number of rotatable bonds is 5. The summed E-state index contributed by atoms with van der Waals surface area (Å²) in [6.07, 6.45) is 2.33. The lowest BCUT2D eigenvalue weighted by Crippen LogP contribution is -2.24. The topological polar surface area (TPSA) is 72.2 Å². The lowest BCUT2D eigenvalue weighted by molar-refractivity contribution is -0.384. The Morgan fingerprint density at radius 3 is 2.88 bits per heavy atom. The first kappa shape index (κ1) is 13.4. The van der Waals surface area contributed by atoms with Crippen molar-refractivity contribution in [1.82, 2.24) is 5.32 Å². The van der Waals surface area contributed by atoms with Gasteiger partial charge in [-0.15, -0.1) is 6.58 Å². The van der Waals surface area contributed by atoms with Gasteiger partial charge < -0.3 is 5.32 Å². The number of carbonyl (C=O) groups excluding carboxylic acids is 1. The highest BCUT2D eigenvalue weighted by Crippen LogP contribution is 2.22. The second-order valence-electron chi connectivity index (χ2n) is 3.25. The van der Waals surface area contributed by atoms with Gasteiger partial charge in [0.1, 0.15) is 0 Å². The fourth-order valence-electron chi connectivity index (χ4n) is 1.18. The average Bonchev–Trinajstić information content (AvgIpc) is 2.29. The predicted octanol–water partition coefficient (Wildman–Crippen LogP) is 2.66. The SMILES string of the molecule is C=CCCNC(=O)c1cc([N+](=O)[O-])ccc1Br. The van der Waals surface area contributed by atoms with Crippen LogP contribution in [0.1, 0.15) is 16.8 Å². The van der Waals surface area contributed by atoms with Crippen LogP contribution >= 0.6 is 15.9 Å². The molecule has 0 saturated carbocycles. The zero-order valence-corrected chi connectivity index (χ0v) is 10.6. The Balaban J connectivity index is 2.88. The number of carbonyl (C=O) groups is 1. The first-order valence-electron chi connectivity index (χ1n) is 4.89. The van der Waals surface area contributed by atoms with Crippen molar-refractivity contribution in [3.8, 4) is 0 Å². The highest BCUT2D eigenvalue weighted by Gasteiger charge is 2.14. The van der Waals surface area contributed by atoms with Gasteiger partial charge >= 0.3 is 0 Å². The largest absolute Gasteiger partial charge is 0.352 e. The smallest absolute Gasteiger partial charge is 0.270 e. The molecule has 0 radical (unpaired) electrons. The fraction of sp³-hybridized carbons (Fsp3) is 0.182. The number of non-ortho nitro benzene ring substituents is 1. The number of hydrogen-bond donors (Lipinski definition) is 1. The van der Waals surface area contributed by atoms with Crippen molar-refractivity contribution in [2.75, 3.05) is 6.54 Å². The van der Waals surface area contributed by atoms with Crippen LogP contribution in [0.25, 0.3) is 0 Å². The van der Waals surface area contributed by atoms with Crippen molar-refractivity contribution < 1.29 is 9.72 Å². The molecule has 0 spiro atoms. The number of nitrogens with zero attached hydrogens (tertiary/aromatic N) is 1. The van der Waals surface area contributed by atoms with Crippen LogP contribution in [0, 0.1) is 10.1 Å². The highest BCUT2D eigenvalue weighted by molar-refractivity contribution is 9.10. The molecule has 1 amide bonds. The molecule has 5 nitrogen and oxygen atoms in total. The Morgan fingerprint density at radius 2 is 2.29 bits per heavy atom. The molecule has 0 bridgehead atoms. The van der Waals surface area contributed by atoms with Gasteiger partial charge in [0.2, 0.25) is 0 Å². The van der Waals surface area contributed by atoms with Crippen molar-refractivity contribution >= 4 is 27.5 Å². The van der Waals surface area contributed by atoms with Crippen molar-refractivity contribution in [3.05, 3.63) is 51.0 Å². The van der Waals surface area contributed by atoms with E-state index in [4.69, 9.17) is 0 Å². The fourth-order valence-corrected chi connectivity index (χ4v) is 1.61. The number of amides is 1. The quantitative estimate of drug-likeness (QED) is 0.393. The van der Waals surface area contributed by atoms with E-state index in [-0.39, 0.29) is 17.2 Å². The van der Waals surface area contributed by atoms with E-state index >= 15 is 0 Å². The normalized spacial score (nSPS) is 9.71. The second-order valence-corrected chi connectivity index (χ2v) is 4.11. The Bertz CT molecular complexity index is 460. The van der Waals surface area contributed by atoms with Gasteiger partial charge in [-0.05, 0) is 28.4 Å². The summed E-state index contributed by atoms with van der Waals surface area (Å²) in [5.41, 5.74) is 0.144. The number of halogens is 1. The summed E-state index contributed by atoms with van der Waals surface area (Å²) in [5.74, 6) is -0.345. The standard InChI is InChI=1S/C11H11BrN2O3/c1-2-3-6-13-11(15)9-7-8(14(16)17)4-5-10(9)12/h2,4-5,7H,1,3,6H2,(H,13,15). The molecule has 17 heavy (non-hydrogen) atoms. The minimum atomic E-state index is -0.535. The molecule has 0 unspecified atom stereocenters. The van der Waals surface area contributed by atoms with E-state index in [1.165, 1.54) is 18.2 Å². The Labute approximate surface area is 107 Å². The lowest BCUT2D eigenvalue weighted by Gasteiger charge is -2.05. The third-order valence-electron chi connectivity index (χ3n) is 2.04. The van der Waals surface area contributed by atoms with E-state index in [2.05, 4.69) is 27.8 Å². The Morgan fingerprint density at radius 1 is 1.59 bits per heavy atom. The van der Waals surface area contributed by atoms with E-state index in [1.807, 2.05) is 0 Å². The van der Waals surface area contributed by atoms with E-state index in [9.17, 15) is 14.9 Å². The molecule has 1 aromatic rings. The molecule has 0 saturated heterocycles. The van der Waals surface area contributed by atoms with E-state index in [0.29, 0.717) is 17.4 Å². The zero-order valence-electron chi connectivity index (χ0n) is 8.98. The van der Waals surface area contributed by atoms with Gasteiger partial charge in [-0.1, -0.05) is 6.08 Å². The van der Waals surface area contributed by atoms with Crippen LogP contribution in [0.2, 0.25) is 0 Å². The molecular formula is C11H11BrN2O3. The van der Waals surface area contributed by atoms with Gasteiger partial charge in [0.05, 0.1) is 10.5 Å². The van der Waals surface area contributed by atoms with Crippen LogP contribution < -0.4 is 5.32 Å². The van der Waals surface area contributed by atoms with Gasteiger partial charge in [0, 0.05) is 23.2 Å². The van der Waals surface area contributed by atoms with E-state index in [1.54, 1.807) is 6.08 Å². The van der Waals surface area contributed by atoms with E-state index < -0.39 is 4.92 Å². The van der Waals surface area contributed by atoms with Gasteiger partial charge in [-0.3, -0.25) is 14.9 Å². The first-order valence-corrected chi connectivity index (χ1v) is 5.68. The predicted molar refractivity (Wildman–Crippen MR) is 67.9 cm³/mol. The molecule has 0 heterocycles. The number of nitrogens with one attached hydrogen (secondary N) is 1. The highest BCUT2D eigenvalue weighted by atomic mass is 79.9. The minimum absolute atomic E-state index is 0.109. The molecule has 1 aromatic carbocycles. The second kappa shape index (κ2) is 6.15. The molecule has 6 heteroatoms. The maximum Gasteiger partial charge on any atom is 0.270 e. The molecular weight excluding hydrogens is 288 g/mol. The minimum Gasteiger partial charge on any atom is -0.352 e. The molecule has 0 aliphatic rings. The number of benzene rings is 1. The third-order valence-corrected chi connectivity index (χ3v) is 2.73.